The van der Waals surface area contributed by atoms with Gasteiger partial charge in [-0.1, -0.05) is 15.9 Å². The van der Waals surface area contributed by atoms with Crippen LogP contribution in [0.15, 0.2) is 46.9 Å². The zero-order chi connectivity index (χ0) is 16.8. The molecule has 0 unspecified atom stereocenters. The van der Waals surface area contributed by atoms with Crippen molar-refractivity contribution in [2.75, 3.05) is 11.9 Å². The van der Waals surface area contributed by atoms with Crippen molar-refractivity contribution in [3.05, 3.63) is 52.5 Å². The van der Waals surface area contributed by atoms with Gasteiger partial charge in [-0.2, -0.15) is 8.78 Å². The molecule has 0 saturated heterocycles. The Morgan fingerprint density at radius 2 is 1.87 bits per heavy atom. The average Bonchev–Trinajstić information content (AvgIpc) is 2.51. The molecule has 0 aromatic heterocycles. The first-order chi connectivity index (χ1) is 11.0. The molecule has 7 heteroatoms. The van der Waals surface area contributed by atoms with E-state index < -0.39 is 6.61 Å². The third kappa shape index (κ3) is 4.92. The van der Waals surface area contributed by atoms with Crippen molar-refractivity contribution in [1.29, 1.82) is 0 Å². The minimum Gasteiger partial charge on any atom is -0.490 e. The highest BCUT2D eigenvalue weighted by Crippen LogP contribution is 2.30. The van der Waals surface area contributed by atoms with Crippen LogP contribution in [0, 0.1) is 0 Å². The third-order valence-corrected chi connectivity index (χ3v) is 3.35. The predicted molar refractivity (Wildman–Crippen MR) is 86.3 cm³/mol. The van der Waals surface area contributed by atoms with E-state index in [0.717, 1.165) is 4.47 Å². The van der Waals surface area contributed by atoms with Crippen LogP contribution in [0.5, 0.6) is 11.5 Å². The van der Waals surface area contributed by atoms with Crippen LogP contribution in [-0.2, 0) is 0 Å². The van der Waals surface area contributed by atoms with E-state index in [4.69, 9.17) is 4.74 Å². The van der Waals surface area contributed by atoms with E-state index in [-0.39, 0.29) is 29.6 Å². The number of halogens is 3. The van der Waals surface area contributed by atoms with E-state index in [1.165, 1.54) is 18.2 Å². The highest BCUT2D eigenvalue weighted by Gasteiger charge is 2.14. The highest BCUT2D eigenvalue weighted by atomic mass is 79.9. The molecular formula is C16H14BrF2NO3. The molecule has 0 aliphatic rings. The summed E-state index contributed by atoms with van der Waals surface area (Å²) in [7, 11) is 0. The van der Waals surface area contributed by atoms with Crippen LogP contribution >= 0.6 is 15.9 Å². The lowest BCUT2D eigenvalue weighted by Crippen LogP contribution is -2.12. The largest absolute Gasteiger partial charge is 0.490 e. The van der Waals surface area contributed by atoms with Gasteiger partial charge in [0.1, 0.15) is 0 Å². The molecule has 0 atom stereocenters. The molecule has 2 aromatic carbocycles. The Morgan fingerprint density at radius 1 is 1.17 bits per heavy atom. The van der Waals surface area contributed by atoms with Crippen LogP contribution < -0.4 is 14.8 Å². The molecule has 2 rings (SSSR count). The lowest BCUT2D eigenvalue weighted by atomic mass is 10.2. The first-order valence-electron chi connectivity index (χ1n) is 6.78. The zero-order valence-corrected chi connectivity index (χ0v) is 13.8. The number of nitrogens with one attached hydrogen (secondary N) is 1. The number of hydrogen-bond acceptors (Lipinski definition) is 3. The number of alkyl halides is 2. The second-order valence-corrected chi connectivity index (χ2v) is 5.35. The molecule has 4 nitrogen and oxygen atoms in total. The molecule has 0 aliphatic heterocycles. The molecule has 0 spiro atoms. The monoisotopic (exact) mass is 385 g/mol. The molecule has 0 aliphatic carbocycles. The Morgan fingerprint density at radius 3 is 2.48 bits per heavy atom. The number of carbonyl (C=O) groups is 1. The van der Waals surface area contributed by atoms with Crippen molar-refractivity contribution in [3.63, 3.8) is 0 Å². The van der Waals surface area contributed by atoms with Crippen molar-refractivity contribution in [2.24, 2.45) is 0 Å². The van der Waals surface area contributed by atoms with Crippen LogP contribution in [0.25, 0.3) is 0 Å². The molecule has 0 fully saturated rings. The normalized spacial score (nSPS) is 10.5. The van der Waals surface area contributed by atoms with Crippen molar-refractivity contribution < 1.29 is 23.0 Å². The molecule has 0 heterocycles. The van der Waals surface area contributed by atoms with Crippen molar-refractivity contribution in [1.82, 2.24) is 0 Å². The fourth-order valence-corrected chi connectivity index (χ4v) is 2.11. The molecule has 2 aromatic rings. The van der Waals surface area contributed by atoms with Crippen LogP contribution in [0.2, 0.25) is 0 Å². The molecule has 122 valence electrons. The highest BCUT2D eigenvalue weighted by molar-refractivity contribution is 9.10. The summed E-state index contributed by atoms with van der Waals surface area (Å²) in [5.41, 5.74) is 0.891. The zero-order valence-electron chi connectivity index (χ0n) is 12.2. The van der Waals surface area contributed by atoms with Gasteiger partial charge < -0.3 is 14.8 Å². The third-order valence-electron chi connectivity index (χ3n) is 2.82. The Labute approximate surface area is 140 Å². The van der Waals surface area contributed by atoms with Crippen molar-refractivity contribution in [2.45, 2.75) is 13.5 Å². The lowest BCUT2D eigenvalue weighted by molar-refractivity contribution is -0.0514. The Bertz CT molecular complexity index is 678. The summed E-state index contributed by atoms with van der Waals surface area (Å²) in [4.78, 5) is 12.2. The molecule has 1 N–H and O–H groups in total. The van der Waals surface area contributed by atoms with E-state index >= 15 is 0 Å². The van der Waals surface area contributed by atoms with Crippen LogP contribution in [0.4, 0.5) is 14.5 Å². The maximum atomic E-state index is 12.4. The number of carbonyl (C=O) groups excluding carboxylic acids is 1. The van der Waals surface area contributed by atoms with Gasteiger partial charge in [-0.15, -0.1) is 0 Å². The molecule has 0 radical (unpaired) electrons. The summed E-state index contributed by atoms with van der Waals surface area (Å²) in [5, 5.41) is 2.71. The standard InChI is InChI=1S/C16H14BrF2NO3/c1-2-22-14-9-10(3-8-13(14)23-16(18)19)15(21)20-12-6-4-11(17)5-7-12/h3-9,16H,2H2,1H3,(H,20,21). The van der Waals surface area contributed by atoms with Gasteiger partial charge >= 0.3 is 6.61 Å². The van der Waals surface area contributed by atoms with Crippen LogP contribution in [0.3, 0.4) is 0 Å². The Hall–Kier alpha value is -2.15. The van der Waals surface area contributed by atoms with Gasteiger partial charge in [-0.05, 0) is 49.4 Å². The van der Waals surface area contributed by atoms with E-state index in [0.29, 0.717) is 5.69 Å². The predicted octanol–water partition coefficient (Wildman–Crippen LogP) is 4.70. The average molecular weight is 386 g/mol. The molecule has 23 heavy (non-hydrogen) atoms. The van der Waals surface area contributed by atoms with Gasteiger partial charge in [0.05, 0.1) is 6.61 Å². The second-order valence-electron chi connectivity index (χ2n) is 4.43. The Balaban J connectivity index is 2.19. The van der Waals surface area contributed by atoms with Gasteiger partial charge in [-0.25, -0.2) is 0 Å². The summed E-state index contributed by atoms with van der Waals surface area (Å²) in [6, 6.07) is 11.1. The molecular weight excluding hydrogens is 372 g/mol. The van der Waals surface area contributed by atoms with E-state index in [2.05, 4.69) is 26.0 Å². The number of amides is 1. The maximum absolute atomic E-state index is 12.4. The minimum atomic E-state index is -2.96. The van der Waals surface area contributed by atoms with E-state index in [1.54, 1.807) is 31.2 Å². The van der Waals surface area contributed by atoms with Crippen molar-refractivity contribution in [3.8, 4) is 11.5 Å². The first-order valence-corrected chi connectivity index (χ1v) is 7.57. The summed E-state index contributed by atoms with van der Waals surface area (Å²) in [5.74, 6) is -0.393. The van der Waals surface area contributed by atoms with Crippen molar-refractivity contribution >= 4 is 27.5 Å². The minimum absolute atomic E-state index is 0.0938. The number of anilines is 1. The molecule has 0 bridgehead atoms. The molecule has 0 saturated carbocycles. The number of rotatable bonds is 6. The quantitative estimate of drug-likeness (QED) is 0.783. The smallest absolute Gasteiger partial charge is 0.387 e. The lowest BCUT2D eigenvalue weighted by Gasteiger charge is -2.13. The second kappa shape index (κ2) is 7.92. The first kappa shape index (κ1) is 17.2. The van der Waals surface area contributed by atoms with E-state index in [9.17, 15) is 13.6 Å². The summed E-state index contributed by atoms with van der Waals surface area (Å²) < 4.78 is 35.2. The van der Waals surface area contributed by atoms with Gasteiger partial charge in [0.15, 0.2) is 11.5 Å². The maximum Gasteiger partial charge on any atom is 0.387 e. The summed E-state index contributed by atoms with van der Waals surface area (Å²) in [6.45, 7) is -0.991. The van der Waals surface area contributed by atoms with Gasteiger partial charge in [0.2, 0.25) is 0 Å². The number of hydrogen-bond donors (Lipinski definition) is 1. The number of benzene rings is 2. The molecule has 1 amide bonds. The summed E-state index contributed by atoms with van der Waals surface area (Å²) in [6.07, 6.45) is 0. The fraction of sp³-hybridized carbons (Fsp3) is 0.188. The fourth-order valence-electron chi connectivity index (χ4n) is 1.85. The SMILES string of the molecule is CCOc1cc(C(=O)Nc2ccc(Br)cc2)ccc1OC(F)F. The van der Waals surface area contributed by atoms with Gasteiger partial charge in [-0.3, -0.25) is 4.79 Å². The van der Waals surface area contributed by atoms with Gasteiger partial charge in [0, 0.05) is 15.7 Å². The number of ether oxygens (including phenoxy) is 2. The van der Waals surface area contributed by atoms with E-state index in [1.807, 2.05) is 0 Å². The topological polar surface area (TPSA) is 47.6 Å². The van der Waals surface area contributed by atoms with Crippen LogP contribution in [0.1, 0.15) is 17.3 Å². The van der Waals surface area contributed by atoms with Gasteiger partial charge in [0.25, 0.3) is 5.91 Å². The summed E-state index contributed by atoms with van der Waals surface area (Å²) >= 11 is 3.31. The van der Waals surface area contributed by atoms with Crippen LogP contribution in [-0.4, -0.2) is 19.1 Å². The Kier molecular flexibility index (Phi) is 5.92.